The highest BCUT2D eigenvalue weighted by Crippen LogP contribution is 2.42. The van der Waals surface area contributed by atoms with Gasteiger partial charge in [-0.3, -0.25) is 14.9 Å². The highest BCUT2D eigenvalue weighted by atomic mass is 35.5. The van der Waals surface area contributed by atoms with Crippen LogP contribution in [0.4, 0.5) is 5.69 Å². The van der Waals surface area contributed by atoms with Gasteiger partial charge >= 0.3 is 5.97 Å². The van der Waals surface area contributed by atoms with Crippen LogP contribution in [0.5, 0.6) is 0 Å². The number of nitro groups is 1. The average Bonchev–Trinajstić information content (AvgIpc) is 2.81. The smallest absolute Gasteiger partial charge is 0.309 e. The lowest BCUT2D eigenvalue weighted by atomic mass is 9.80. The van der Waals surface area contributed by atoms with Crippen LogP contribution in [-0.4, -0.2) is 16.0 Å². The van der Waals surface area contributed by atoms with Crippen molar-refractivity contribution in [2.75, 3.05) is 0 Å². The molecule has 102 valence electrons. The molecule has 1 saturated carbocycles. The maximum Gasteiger partial charge on any atom is 0.309 e. The summed E-state index contributed by atoms with van der Waals surface area (Å²) in [4.78, 5) is 22.0. The van der Waals surface area contributed by atoms with Crippen molar-refractivity contribution in [3.63, 3.8) is 0 Å². The summed E-state index contributed by atoms with van der Waals surface area (Å²) in [5.74, 6) is -0.866. The van der Waals surface area contributed by atoms with Crippen LogP contribution in [0, 0.1) is 15.5 Å². The summed E-state index contributed by atoms with van der Waals surface area (Å²) in [6.07, 6.45) is 3.04. The van der Waals surface area contributed by atoms with Crippen molar-refractivity contribution in [3.8, 4) is 0 Å². The Bertz CT molecular complexity index is 523. The number of carboxylic acid groups (broad SMARTS) is 1. The van der Waals surface area contributed by atoms with Gasteiger partial charge in [-0.2, -0.15) is 0 Å². The number of rotatable bonds is 4. The number of hydrogen-bond donors (Lipinski definition) is 1. The highest BCUT2D eigenvalue weighted by molar-refractivity contribution is 6.30. The molecule has 1 aromatic rings. The van der Waals surface area contributed by atoms with E-state index in [4.69, 9.17) is 11.6 Å². The van der Waals surface area contributed by atoms with Crippen LogP contribution in [0.3, 0.4) is 0 Å². The lowest BCUT2D eigenvalue weighted by Crippen LogP contribution is -2.30. The summed E-state index contributed by atoms with van der Waals surface area (Å²) in [5, 5.41) is 20.7. The van der Waals surface area contributed by atoms with Gasteiger partial charge in [0.15, 0.2) is 0 Å². The van der Waals surface area contributed by atoms with E-state index in [0.29, 0.717) is 18.4 Å². The van der Waals surface area contributed by atoms with Crippen molar-refractivity contribution in [3.05, 3.63) is 38.9 Å². The summed E-state index contributed by atoms with van der Waals surface area (Å²) in [6, 6.07) is 4.40. The molecule has 5 nitrogen and oxygen atoms in total. The molecule has 2 rings (SSSR count). The Balaban J connectivity index is 2.37. The fraction of sp³-hybridized carbons (Fsp3) is 0.462. The number of nitrogens with zero attached hydrogens (tertiary/aromatic N) is 1. The van der Waals surface area contributed by atoms with Crippen molar-refractivity contribution in [1.29, 1.82) is 0 Å². The molecule has 0 aliphatic heterocycles. The first kappa shape index (κ1) is 13.8. The summed E-state index contributed by atoms with van der Waals surface area (Å²) in [6.45, 7) is 0. The molecule has 6 heteroatoms. The third-order valence-corrected chi connectivity index (χ3v) is 4.02. The quantitative estimate of drug-likeness (QED) is 0.678. The van der Waals surface area contributed by atoms with E-state index in [1.54, 1.807) is 12.1 Å². The molecule has 0 bridgehead atoms. The minimum Gasteiger partial charge on any atom is -0.481 e. The summed E-state index contributed by atoms with van der Waals surface area (Å²) in [5.41, 5.74) is -0.516. The molecule has 19 heavy (non-hydrogen) atoms. The van der Waals surface area contributed by atoms with Gasteiger partial charge in [-0.1, -0.05) is 30.5 Å². The Kier molecular flexibility index (Phi) is 3.75. The molecule has 0 unspecified atom stereocenters. The van der Waals surface area contributed by atoms with Gasteiger partial charge in [0.25, 0.3) is 5.69 Å². The molecule has 0 heterocycles. The van der Waals surface area contributed by atoms with E-state index in [1.807, 2.05) is 0 Å². The molecule has 0 aromatic heterocycles. The van der Waals surface area contributed by atoms with Gasteiger partial charge in [-0.05, 0) is 25.3 Å². The number of carbonyl (C=O) groups is 1. The Morgan fingerprint density at radius 3 is 2.58 bits per heavy atom. The lowest BCUT2D eigenvalue weighted by Gasteiger charge is -2.23. The third kappa shape index (κ3) is 2.71. The predicted molar refractivity (Wildman–Crippen MR) is 70.3 cm³/mol. The predicted octanol–water partition coefficient (Wildman–Crippen LogP) is 3.44. The van der Waals surface area contributed by atoms with Crippen molar-refractivity contribution in [2.24, 2.45) is 5.41 Å². The van der Waals surface area contributed by atoms with Gasteiger partial charge in [-0.15, -0.1) is 0 Å². The van der Waals surface area contributed by atoms with Gasteiger partial charge in [0.1, 0.15) is 0 Å². The standard InChI is InChI=1S/C13H14ClNO4/c14-10-4-3-9(11(7-10)15(18)19)8-13(12(16)17)5-1-2-6-13/h3-4,7H,1-2,5-6,8H2,(H,16,17). The molecule has 1 aliphatic carbocycles. The van der Waals surface area contributed by atoms with E-state index in [2.05, 4.69) is 0 Å². The Hall–Kier alpha value is -1.62. The summed E-state index contributed by atoms with van der Waals surface area (Å²) in [7, 11) is 0. The second-order valence-electron chi connectivity index (χ2n) is 5.00. The maximum absolute atomic E-state index is 11.5. The van der Waals surface area contributed by atoms with E-state index in [1.165, 1.54) is 6.07 Å². The first-order valence-corrected chi connectivity index (χ1v) is 6.49. The van der Waals surface area contributed by atoms with Crippen LogP contribution in [0.2, 0.25) is 5.02 Å². The normalized spacial score (nSPS) is 17.3. The number of benzene rings is 1. The fourth-order valence-corrected chi connectivity index (χ4v) is 2.91. The van der Waals surface area contributed by atoms with Gasteiger partial charge in [0.2, 0.25) is 0 Å². The maximum atomic E-state index is 11.5. The second kappa shape index (κ2) is 5.17. The number of carboxylic acids is 1. The van der Waals surface area contributed by atoms with E-state index >= 15 is 0 Å². The highest BCUT2D eigenvalue weighted by Gasteiger charge is 2.42. The van der Waals surface area contributed by atoms with Gasteiger partial charge in [0, 0.05) is 16.7 Å². The number of nitro benzene ring substituents is 1. The van der Waals surface area contributed by atoms with E-state index in [9.17, 15) is 20.0 Å². The Morgan fingerprint density at radius 2 is 2.05 bits per heavy atom. The lowest BCUT2D eigenvalue weighted by molar-refractivity contribution is -0.385. The molecular weight excluding hydrogens is 270 g/mol. The molecule has 0 spiro atoms. The third-order valence-electron chi connectivity index (χ3n) is 3.79. The van der Waals surface area contributed by atoms with E-state index in [-0.39, 0.29) is 17.1 Å². The molecule has 1 fully saturated rings. The minimum atomic E-state index is -0.866. The minimum absolute atomic E-state index is 0.0972. The molecule has 0 atom stereocenters. The monoisotopic (exact) mass is 283 g/mol. The number of halogens is 1. The second-order valence-corrected chi connectivity index (χ2v) is 5.44. The van der Waals surface area contributed by atoms with Gasteiger partial charge < -0.3 is 5.11 Å². The first-order chi connectivity index (χ1) is 8.94. The van der Waals surface area contributed by atoms with E-state index in [0.717, 1.165) is 12.8 Å². The van der Waals surface area contributed by atoms with Gasteiger partial charge in [-0.25, -0.2) is 0 Å². The molecule has 0 amide bonds. The average molecular weight is 284 g/mol. The zero-order valence-corrected chi connectivity index (χ0v) is 11.0. The first-order valence-electron chi connectivity index (χ1n) is 6.11. The SMILES string of the molecule is O=C(O)C1(Cc2ccc(Cl)cc2[N+](=O)[O-])CCCC1. The number of hydrogen-bond acceptors (Lipinski definition) is 3. The van der Waals surface area contributed by atoms with Crippen LogP contribution < -0.4 is 0 Å². The van der Waals surface area contributed by atoms with Crippen LogP contribution in [0.25, 0.3) is 0 Å². The van der Waals surface area contributed by atoms with Gasteiger partial charge in [0.05, 0.1) is 10.3 Å². The molecule has 0 saturated heterocycles. The molecule has 1 aromatic carbocycles. The van der Waals surface area contributed by atoms with Crippen molar-refractivity contribution in [2.45, 2.75) is 32.1 Å². The van der Waals surface area contributed by atoms with Crippen molar-refractivity contribution >= 4 is 23.3 Å². The van der Waals surface area contributed by atoms with E-state index < -0.39 is 16.3 Å². The number of aliphatic carboxylic acids is 1. The van der Waals surface area contributed by atoms with Crippen molar-refractivity contribution < 1.29 is 14.8 Å². The zero-order chi connectivity index (χ0) is 14.0. The fourth-order valence-electron chi connectivity index (χ4n) is 2.74. The summed E-state index contributed by atoms with van der Waals surface area (Å²) < 4.78 is 0. The zero-order valence-electron chi connectivity index (χ0n) is 10.3. The molecule has 0 radical (unpaired) electrons. The van der Waals surface area contributed by atoms with Crippen molar-refractivity contribution in [1.82, 2.24) is 0 Å². The Morgan fingerprint density at radius 1 is 1.42 bits per heavy atom. The molecule has 1 aliphatic rings. The topological polar surface area (TPSA) is 80.4 Å². The Labute approximate surface area is 115 Å². The van der Waals surface area contributed by atoms with Crippen LogP contribution in [-0.2, 0) is 11.2 Å². The van der Waals surface area contributed by atoms with Crippen LogP contribution >= 0.6 is 11.6 Å². The molecular formula is C13H14ClNO4. The molecule has 1 N–H and O–H groups in total. The largest absolute Gasteiger partial charge is 0.481 e. The van der Waals surface area contributed by atoms with Crippen LogP contribution in [0.1, 0.15) is 31.2 Å². The van der Waals surface area contributed by atoms with Crippen LogP contribution in [0.15, 0.2) is 18.2 Å². The summed E-state index contributed by atoms with van der Waals surface area (Å²) >= 11 is 5.75.